The topological polar surface area (TPSA) is 70.4 Å². The van der Waals surface area contributed by atoms with Crippen molar-refractivity contribution < 1.29 is 15.0 Å². The molecule has 1 heterocycles. The molecular weight excluding hydrogens is 526 g/mol. The van der Waals surface area contributed by atoms with Crippen molar-refractivity contribution in [1.29, 1.82) is 0 Å². The van der Waals surface area contributed by atoms with Gasteiger partial charge >= 0.3 is 5.97 Å². The van der Waals surface area contributed by atoms with Gasteiger partial charge in [-0.25, -0.2) is 9.78 Å². The SMILES string of the molecule is CC(C)(O)CCCSC(CCc1ccccc1C(=O)O)c1cccc(C=Cc2ccc3ccc(Cl)cc3n2)c1. The number of rotatable bonds is 12. The minimum absolute atomic E-state index is 0.197. The Morgan fingerprint density at radius 1 is 1.03 bits per heavy atom. The zero-order valence-electron chi connectivity index (χ0n) is 22.3. The first-order chi connectivity index (χ1) is 18.7. The Morgan fingerprint density at radius 3 is 2.62 bits per heavy atom. The zero-order valence-corrected chi connectivity index (χ0v) is 23.9. The van der Waals surface area contributed by atoms with Gasteiger partial charge in [0.25, 0.3) is 0 Å². The summed E-state index contributed by atoms with van der Waals surface area (Å²) in [4.78, 5) is 16.4. The van der Waals surface area contributed by atoms with Crippen molar-refractivity contribution in [3.63, 3.8) is 0 Å². The normalized spacial score (nSPS) is 12.7. The molecular formula is C33H34ClNO3S. The highest BCUT2D eigenvalue weighted by atomic mass is 35.5. The number of carbonyl (C=O) groups is 1. The van der Waals surface area contributed by atoms with E-state index >= 15 is 0 Å². The van der Waals surface area contributed by atoms with Gasteiger partial charge in [0.1, 0.15) is 0 Å². The van der Waals surface area contributed by atoms with Crippen molar-refractivity contribution >= 4 is 52.4 Å². The molecule has 1 atom stereocenters. The van der Waals surface area contributed by atoms with Crippen molar-refractivity contribution in [2.75, 3.05) is 5.75 Å². The van der Waals surface area contributed by atoms with E-state index in [2.05, 4.69) is 30.3 Å². The van der Waals surface area contributed by atoms with Crippen LogP contribution in [0.3, 0.4) is 0 Å². The number of benzene rings is 3. The average Bonchev–Trinajstić information content (AvgIpc) is 2.91. The number of pyridine rings is 1. The Kier molecular flexibility index (Phi) is 9.84. The summed E-state index contributed by atoms with van der Waals surface area (Å²) in [6, 6.07) is 25.5. The fraction of sp³-hybridized carbons (Fsp3) is 0.273. The number of carboxylic acids is 1. The van der Waals surface area contributed by atoms with E-state index in [-0.39, 0.29) is 5.25 Å². The molecule has 0 spiro atoms. The molecule has 0 aliphatic heterocycles. The molecule has 0 saturated carbocycles. The molecule has 0 radical (unpaired) electrons. The molecule has 3 aromatic carbocycles. The minimum Gasteiger partial charge on any atom is -0.478 e. The number of fused-ring (bicyclic) bond motifs is 1. The molecule has 0 amide bonds. The molecule has 6 heteroatoms. The van der Waals surface area contributed by atoms with Crippen LogP contribution < -0.4 is 0 Å². The number of hydrogen-bond acceptors (Lipinski definition) is 4. The number of aromatic nitrogens is 1. The summed E-state index contributed by atoms with van der Waals surface area (Å²) >= 11 is 8.01. The molecule has 2 N–H and O–H groups in total. The monoisotopic (exact) mass is 559 g/mol. The highest BCUT2D eigenvalue weighted by molar-refractivity contribution is 7.99. The van der Waals surface area contributed by atoms with Gasteiger partial charge in [0.2, 0.25) is 0 Å². The number of aryl methyl sites for hydroxylation is 1. The van der Waals surface area contributed by atoms with E-state index in [9.17, 15) is 15.0 Å². The van der Waals surface area contributed by atoms with Gasteiger partial charge in [0.05, 0.1) is 22.4 Å². The Morgan fingerprint density at radius 2 is 1.82 bits per heavy atom. The summed E-state index contributed by atoms with van der Waals surface area (Å²) in [7, 11) is 0. The summed E-state index contributed by atoms with van der Waals surface area (Å²) in [6.45, 7) is 3.68. The first-order valence-electron chi connectivity index (χ1n) is 13.2. The number of nitrogens with zero attached hydrogens (tertiary/aromatic N) is 1. The molecule has 0 aliphatic carbocycles. The summed E-state index contributed by atoms with van der Waals surface area (Å²) in [5.74, 6) is 0.0236. The van der Waals surface area contributed by atoms with Gasteiger partial charge < -0.3 is 10.2 Å². The third-order valence-electron chi connectivity index (χ3n) is 6.58. The van der Waals surface area contributed by atoms with Crippen LogP contribution in [-0.4, -0.2) is 32.5 Å². The first kappa shape index (κ1) is 28.9. The Hall–Kier alpha value is -3.12. The van der Waals surface area contributed by atoms with Crippen molar-refractivity contribution in [1.82, 2.24) is 4.98 Å². The van der Waals surface area contributed by atoms with Crippen molar-refractivity contribution in [2.24, 2.45) is 0 Å². The van der Waals surface area contributed by atoms with Crippen molar-refractivity contribution in [3.05, 3.63) is 112 Å². The van der Waals surface area contributed by atoms with E-state index in [1.165, 1.54) is 5.56 Å². The lowest BCUT2D eigenvalue weighted by molar-refractivity contribution is 0.0691. The van der Waals surface area contributed by atoms with Crippen LogP contribution in [0.5, 0.6) is 0 Å². The zero-order chi connectivity index (χ0) is 27.8. The second-order valence-corrected chi connectivity index (χ2v) is 12.1. The number of halogens is 1. The van der Waals surface area contributed by atoms with Crippen LogP contribution in [0.25, 0.3) is 23.1 Å². The molecule has 1 unspecified atom stereocenters. The lowest BCUT2D eigenvalue weighted by Gasteiger charge is -2.20. The minimum atomic E-state index is -0.892. The molecule has 202 valence electrons. The Bertz CT molecular complexity index is 1460. The van der Waals surface area contributed by atoms with Gasteiger partial charge in [-0.05, 0) is 92.3 Å². The number of aliphatic hydroxyl groups is 1. The molecule has 0 fully saturated rings. The molecule has 4 rings (SSSR count). The average molecular weight is 560 g/mol. The van der Waals surface area contributed by atoms with Gasteiger partial charge in [-0.2, -0.15) is 11.8 Å². The smallest absolute Gasteiger partial charge is 0.335 e. The van der Waals surface area contributed by atoms with Crippen LogP contribution in [-0.2, 0) is 6.42 Å². The molecule has 0 saturated heterocycles. The van der Waals surface area contributed by atoms with Crippen LogP contribution in [0.1, 0.15) is 71.1 Å². The fourth-order valence-corrected chi connectivity index (χ4v) is 5.94. The van der Waals surface area contributed by atoms with Crippen LogP contribution in [0, 0.1) is 0 Å². The predicted octanol–water partition coefficient (Wildman–Crippen LogP) is 8.72. The van der Waals surface area contributed by atoms with Crippen molar-refractivity contribution in [3.8, 4) is 0 Å². The summed E-state index contributed by atoms with van der Waals surface area (Å²) < 4.78 is 0. The third-order valence-corrected chi connectivity index (χ3v) is 8.25. The largest absolute Gasteiger partial charge is 0.478 e. The number of aromatic carboxylic acids is 1. The van der Waals surface area contributed by atoms with Crippen LogP contribution >= 0.6 is 23.4 Å². The molecule has 4 aromatic rings. The number of hydrogen-bond donors (Lipinski definition) is 2. The van der Waals surface area contributed by atoms with E-state index < -0.39 is 11.6 Å². The van der Waals surface area contributed by atoms with Gasteiger partial charge in [0.15, 0.2) is 0 Å². The predicted molar refractivity (Wildman–Crippen MR) is 165 cm³/mol. The summed E-state index contributed by atoms with van der Waals surface area (Å²) in [5.41, 5.74) is 4.55. The number of thioether (sulfide) groups is 1. The maximum absolute atomic E-state index is 11.7. The molecule has 0 aliphatic rings. The highest BCUT2D eigenvalue weighted by Gasteiger charge is 2.17. The maximum Gasteiger partial charge on any atom is 0.335 e. The Balaban J connectivity index is 1.52. The van der Waals surface area contributed by atoms with Gasteiger partial charge in [-0.15, -0.1) is 0 Å². The van der Waals surface area contributed by atoms with Gasteiger partial charge in [0, 0.05) is 15.7 Å². The van der Waals surface area contributed by atoms with E-state index in [1.807, 2.05) is 74.1 Å². The molecule has 39 heavy (non-hydrogen) atoms. The third kappa shape index (κ3) is 8.69. The van der Waals surface area contributed by atoms with E-state index in [1.54, 1.807) is 12.1 Å². The highest BCUT2D eigenvalue weighted by Crippen LogP contribution is 2.35. The van der Waals surface area contributed by atoms with Crippen LogP contribution in [0.2, 0.25) is 5.02 Å². The molecule has 1 aromatic heterocycles. The molecule has 4 nitrogen and oxygen atoms in total. The van der Waals surface area contributed by atoms with Gasteiger partial charge in [-0.1, -0.05) is 72.3 Å². The fourth-order valence-electron chi connectivity index (χ4n) is 4.55. The second-order valence-electron chi connectivity index (χ2n) is 10.4. The van der Waals surface area contributed by atoms with E-state index in [0.717, 1.165) is 52.7 Å². The van der Waals surface area contributed by atoms with Crippen LogP contribution in [0.4, 0.5) is 0 Å². The quantitative estimate of drug-likeness (QED) is 0.170. The number of carboxylic acid groups (broad SMARTS) is 1. The van der Waals surface area contributed by atoms with E-state index in [4.69, 9.17) is 16.6 Å². The molecule has 0 bridgehead atoms. The van der Waals surface area contributed by atoms with Crippen LogP contribution in [0.15, 0.2) is 78.9 Å². The van der Waals surface area contributed by atoms with E-state index in [0.29, 0.717) is 17.0 Å². The van der Waals surface area contributed by atoms with Gasteiger partial charge in [-0.3, -0.25) is 0 Å². The summed E-state index contributed by atoms with van der Waals surface area (Å²) in [5, 5.41) is 21.6. The maximum atomic E-state index is 11.7. The first-order valence-corrected chi connectivity index (χ1v) is 14.6. The standard InChI is InChI=1S/C33H34ClNO3S/c1-33(2,38)19-6-20-39-31(18-14-24-8-3-4-10-29(24)32(36)37)26-9-5-7-23(21-26)11-16-28-17-13-25-12-15-27(34)22-30(25)35-28/h3-5,7-13,15-17,21-22,31,38H,6,14,18-20H2,1-2H3,(H,36,37). The lowest BCUT2D eigenvalue weighted by Crippen LogP contribution is -2.18. The Labute approximate surface area is 239 Å². The van der Waals surface area contributed by atoms with Crippen molar-refractivity contribution in [2.45, 2.75) is 50.4 Å². The summed E-state index contributed by atoms with van der Waals surface area (Å²) in [6.07, 6.45) is 7.22. The lowest BCUT2D eigenvalue weighted by atomic mass is 9.98. The second kappa shape index (κ2) is 13.3.